The third-order valence-corrected chi connectivity index (χ3v) is 4.48. The van der Waals surface area contributed by atoms with Gasteiger partial charge in [-0.05, 0) is 26.8 Å². The fraction of sp³-hybridized carbons (Fsp3) is 0.909. The molecule has 1 N–H and O–H groups in total. The van der Waals surface area contributed by atoms with Crippen LogP contribution in [0.25, 0.3) is 0 Å². The topological polar surface area (TPSA) is 75.7 Å². The Morgan fingerprint density at radius 1 is 1.48 bits per heavy atom. The number of hydrogen-bond acceptors (Lipinski definition) is 5. The van der Waals surface area contributed by atoms with E-state index in [9.17, 15) is 26.4 Å². The van der Waals surface area contributed by atoms with E-state index >= 15 is 0 Å². The van der Waals surface area contributed by atoms with Crippen LogP contribution in [0, 0.1) is 0 Å². The van der Waals surface area contributed by atoms with Crippen LogP contribution in [-0.2, 0) is 19.6 Å². The van der Waals surface area contributed by atoms with E-state index in [0.717, 1.165) is 18.4 Å². The van der Waals surface area contributed by atoms with E-state index in [1.54, 1.807) is 4.72 Å². The monoisotopic (exact) mass is 332 g/mol. The minimum Gasteiger partial charge on any atom is -0.377 e. The van der Waals surface area contributed by atoms with Gasteiger partial charge in [0.15, 0.2) is 0 Å². The lowest BCUT2D eigenvalue weighted by Gasteiger charge is -2.24. The molecule has 0 saturated carbocycles. The Morgan fingerprint density at radius 2 is 2.10 bits per heavy atom. The molecule has 0 aromatic heterocycles. The van der Waals surface area contributed by atoms with Crippen LogP contribution in [0.1, 0.15) is 19.8 Å². The molecule has 1 fully saturated rings. The second kappa shape index (κ2) is 6.93. The van der Waals surface area contributed by atoms with Crippen LogP contribution in [0.3, 0.4) is 0 Å². The number of alkyl halides is 3. The Bertz CT molecular complexity index is 461. The fourth-order valence-electron chi connectivity index (χ4n) is 1.92. The molecule has 1 heterocycles. The highest BCUT2D eigenvalue weighted by Crippen LogP contribution is 2.17. The average molecular weight is 332 g/mol. The van der Waals surface area contributed by atoms with Crippen molar-refractivity contribution in [2.24, 2.45) is 0 Å². The van der Waals surface area contributed by atoms with Crippen molar-refractivity contribution in [1.82, 2.24) is 9.62 Å². The van der Waals surface area contributed by atoms with Gasteiger partial charge >= 0.3 is 6.18 Å². The Kier molecular flexibility index (Phi) is 6.00. The lowest BCUT2D eigenvalue weighted by atomic mass is 10.3. The smallest absolute Gasteiger partial charge is 0.377 e. The number of sulfonamides is 1. The second-order valence-corrected chi connectivity index (χ2v) is 6.86. The van der Waals surface area contributed by atoms with E-state index in [1.165, 1.54) is 6.92 Å². The first kappa shape index (κ1) is 18.2. The van der Waals surface area contributed by atoms with E-state index in [-0.39, 0.29) is 5.75 Å². The predicted molar refractivity (Wildman–Crippen MR) is 69.1 cm³/mol. The van der Waals surface area contributed by atoms with Crippen molar-refractivity contribution in [3.63, 3.8) is 0 Å². The normalized spacial score (nSPS) is 21.5. The number of rotatable bonds is 6. The van der Waals surface area contributed by atoms with Crippen LogP contribution >= 0.6 is 0 Å². The summed E-state index contributed by atoms with van der Waals surface area (Å²) in [7, 11) is -2.82. The lowest BCUT2D eigenvalue weighted by molar-refractivity contribution is -0.150. The number of halogens is 3. The van der Waals surface area contributed by atoms with Crippen molar-refractivity contribution in [1.29, 1.82) is 0 Å². The van der Waals surface area contributed by atoms with Crippen molar-refractivity contribution in [2.75, 3.05) is 26.0 Å². The van der Waals surface area contributed by atoms with Gasteiger partial charge in [-0.3, -0.25) is 14.4 Å². The van der Waals surface area contributed by atoms with Crippen molar-refractivity contribution < 1.29 is 31.1 Å². The highest BCUT2D eigenvalue weighted by atomic mass is 32.2. The highest BCUT2D eigenvalue weighted by Gasteiger charge is 2.34. The SMILES string of the molecule is C[C@@H](C(=O)NS(=O)(=O)C[C@@H]1CCCO1)N(C)CC(F)(F)F. The maximum atomic E-state index is 12.2. The number of amides is 1. The minimum atomic E-state index is -4.46. The third kappa shape index (κ3) is 6.62. The number of likely N-dealkylation sites (N-methyl/N-ethyl adjacent to an activating group) is 1. The van der Waals surface area contributed by atoms with Gasteiger partial charge in [-0.15, -0.1) is 0 Å². The van der Waals surface area contributed by atoms with Crippen molar-refractivity contribution in [3.05, 3.63) is 0 Å². The zero-order chi connectivity index (χ0) is 16.3. The molecule has 2 atom stereocenters. The van der Waals surface area contributed by atoms with Gasteiger partial charge in [0.25, 0.3) is 0 Å². The summed E-state index contributed by atoms with van der Waals surface area (Å²) >= 11 is 0. The summed E-state index contributed by atoms with van der Waals surface area (Å²) in [6, 6.07) is -1.22. The van der Waals surface area contributed by atoms with Crippen LogP contribution < -0.4 is 4.72 Å². The largest absolute Gasteiger partial charge is 0.401 e. The standard InChI is InChI=1S/C11H19F3N2O4S/c1-8(16(2)7-11(12,13)14)10(17)15-21(18,19)6-9-4-3-5-20-9/h8-9H,3-7H2,1-2H3,(H,15,17)/t8-,9-/m0/s1. The van der Waals surface area contributed by atoms with Crippen LogP contribution in [0.15, 0.2) is 0 Å². The van der Waals surface area contributed by atoms with Crippen LogP contribution in [-0.4, -0.2) is 63.5 Å². The second-order valence-electron chi connectivity index (χ2n) is 5.09. The predicted octanol–water partition coefficient (Wildman–Crippen LogP) is 0.494. The number of nitrogens with zero attached hydrogens (tertiary/aromatic N) is 1. The number of carbonyl (C=O) groups excluding carboxylic acids is 1. The van der Waals surface area contributed by atoms with Gasteiger partial charge in [0.1, 0.15) is 0 Å². The third-order valence-electron chi connectivity index (χ3n) is 3.15. The molecule has 0 aromatic rings. The van der Waals surface area contributed by atoms with Crippen molar-refractivity contribution >= 4 is 15.9 Å². The van der Waals surface area contributed by atoms with E-state index in [4.69, 9.17) is 4.74 Å². The van der Waals surface area contributed by atoms with Crippen LogP contribution in [0.5, 0.6) is 0 Å². The molecule has 0 bridgehead atoms. The molecule has 10 heteroatoms. The summed E-state index contributed by atoms with van der Waals surface area (Å²) in [5.41, 5.74) is 0. The van der Waals surface area contributed by atoms with Gasteiger partial charge in [0.2, 0.25) is 15.9 Å². The van der Waals surface area contributed by atoms with E-state index in [1.807, 2.05) is 0 Å². The molecule has 1 amide bonds. The maximum Gasteiger partial charge on any atom is 0.401 e. The fourth-order valence-corrected chi connectivity index (χ4v) is 3.23. The first-order valence-electron chi connectivity index (χ1n) is 6.43. The summed E-state index contributed by atoms with van der Waals surface area (Å²) in [4.78, 5) is 12.5. The molecule has 0 aliphatic carbocycles. The number of ether oxygens (including phenoxy) is 1. The molecule has 0 aromatic carbocycles. The molecular weight excluding hydrogens is 313 g/mol. The molecule has 124 valence electrons. The molecule has 1 aliphatic rings. The summed E-state index contributed by atoms with van der Waals surface area (Å²) in [5, 5.41) is 0. The zero-order valence-corrected chi connectivity index (χ0v) is 12.6. The zero-order valence-electron chi connectivity index (χ0n) is 11.8. The molecular formula is C11H19F3N2O4S. The van der Waals surface area contributed by atoms with Gasteiger partial charge in [-0.1, -0.05) is 0 Å². The molecule has 21 heavy (non-hydrogen) atoms. The Morgan fingerprint density at radius 3 is 2.57 bits per heavy atom. The molecule has 1 rings (SSSR count). The van der Waals surface area contributed by atoms with Crippen LogP contribution in [0.4, 0.5) is 13.2 Å². The summed E-state index contributed by atoms with van der Waals surface area (Å²) in [6.45, 7) is 0.384. The van der Waals surface area contributed by atoms with Crippen molar-refractivity contribution in [2.45, 2.75) is 38.1 Å². The van der Waals surface area contributed by atoms with Gasteiger partial charge in [-0.25, -0.2) is 8.42 Å². The number of carbonyl (C=O) groups is 1. The van der Waals surface area contributed by atoms with Gasteiger partial charge < -0.3 is 4.74 Å². The first-order chi connectivity index (χ1) is 9.50. The molecule has 0 unspecified atom stereocenters. The molecule has 1 saturated heterocycles. The van der Waals surface area contributed by atoms with Gasteiger partial charge in [0, 0.05) is 6.61 Å². The molecule has 0 radical (unpaired) electrons. The van der Waals surface area contributed by atoms with E-state index < -0.39 is 40.8 Å². The quantitative estimate of drug-likeness (QED) is 0.766. The number of hydrogen-bond donors (Lipinski definition) is 1. The van der Waals surface area contributed by atoms with Crippen molar-refractivity contribution in [3.8, 4) is 0 Å². The Labute approximate surface area is 121 Å². The molecule has 0 spiro atoms. The molecule has 6 nitrogen and oxygen atoms in total. The lowest BCUT2D eigenvalue weighted by Crippen LogP contribution is -2.49. The Hall–Kier alpha value is -0.870. The van der Waals surface area contributed by atoms with Crippen LogP contribution in [0.2, 0.25) is 0 Å². The summed E-state index contributed by atoms with van der Waals surface area (Å²) in [6.07, 6.45) is -3.60. The first-order valence-corrected chi connectivity index (χ1v) is 8.08. The number of nitrogens with one attached hydrogen (secondary N) is 1. The maximum absolute atomic E-state index is 12.2. The summed E-state index contributed by atoms with van der Waals surface area (Å²) in [5.74, 6) is -1.35. The average Bonchev–Trinajstić information content (AvgIpc) is 2.76. The molecule has 1 aliphatic heterocycles. The van der Waals surface area contributed by atoms with Gasteiger partial charge in [-0.2, -0.15) is 13.2 Å². The summed E-state index contributed by atoms with van der Waals surface area (Å²) < 4.78 is 67.2. The van der Waals surface area contributed by atoms with E-state index in [0.29, 0.717) is 13.0 Å². The highest BCUT2D eigenvalue weighted by molar-refractivity contribution is 7.90. The Balaban J connectivity index is 2.54. The van der Waals surface area contributed by atoms with Gasteiger partial charge in [0.05, 0.1) is 24.4 Å². The van der Waals surface area contributed by atoms with E-state index in [2.05, 4.69) is 0 Å². The minimum absolute atomic E-state index is 0.367.